The van der Waals surface area contributed by atoms with Crippen LogP contribution in [0.5, 0.6) is 11.5 Å². The van der Waals surface area contributed by atoms with Crippen LogP contribution in [-0.2, 0) is 11.4 Å². The van der Waals surface area contributed by atoms with Crippen LogP contribution in [0.25, 0.3) is 0 Å². The fourth-order valence-corrected chi connectivity index (χ4v) is 4.12. The Kier molecular flexibility index (Phi) is 6.36. The van der Waals surface area contributed by atoms with Gasteiger partial charge in [-0.3, -0.25) is 4.79 Å². The van der Waals surface area contributed by atoms with Gasteiger partial charge < -0.3 is 20.1 Å². The molecule has 0 unspecified atom stereocenters. The number of hydrogen-bond donors (Lipinski definition) is 2. The van der Waals surface area contributed by atoms with E-state index in [4.69, 9.17) is 9.47 Å². The van der Waals surface area contributed by atoms with Crippen LogP contribution in [0.4, 0.5) is 16.0 Å². The van der Waals surface area contributed by atoms with E-state index in [0.717, 1.165) is 11.1 Å². The third-order valence-corrected chi connectivity index (χ3v) is 5.91. The highest BCUT2D eigenvalue weighted by Crippen LogP contribution is 2.39. The van der Waals surface area contributed by atoms with Gasteiger partial charge in [-0.1, -0.05) is 30.3 Å². The molecular formula is C27H24FN5O3. The third-order valence-electron chi connectivity index (χ3n) is 5.91. The Bertz CT molecular complexity index is 1410. The molecule has 0 aliphatic carbocycles. The lowest BCUT2D eigenvalue weighted by Crippen LogP contribution is -2.31. The Morgan fingerprint density at radius 1 is 1.08 bits per heavy atom. The minimum atomic E-state index is -0.591. The number of nitrogens with zero attached hydrogens (tertiary/aromatic N) is 3. The number of allylic oxidation sites excluding steroid dienone is 1. The molecular weight excluding hydrogens is 461 g/mol. The van der Waals surface area contributed by atoms with E-state index in [9.17, 15) is 9.18 Å². The molecule has 4 aromatic rings. The normalized spacial score (nSPS) is 14.6. The lowest BCUT2D eigenvalue weighted by atomic mass is 9.94. The summed E-state index contributed by atoms with van der Waals surface area (Å²) in [7, 11) is 1.59. The number of ether oxygens (including phenoxy) is 2. The van der Waals surface area contributed by atoms with Gasteiger partial charge in [0.2, 0.25) is 5.95 Å². The molecule has 1 aliphatic rings. The van der Waals surface area contributed by atoms with Gasteiger partial charge in [-0.05, 0) is 55.0 Å². The van der Waals surface area contributed by atoms with Crippen LogP contribution in [0.1, 0.15) is 24.1 Å². The second kappa shape index (κ2) is 9.91. The summed E-state index contributed by atoms with van der Waals surface area (Å²) < 4.78 is 26.3. The van der Waals surface area contributed by atoms with Crippen LogP contribution in [0.15, 0.2) is 90.4 Å². The van der Waals surface area contributed by atoms with Crippen LogP contribution < -0.4 is 20.1 Å². The molecule has 0 saturated heterocycles. The molecule has 1 atom stereocenters. The van der Waals surface area contributed by atoms with Crippen molar-refractivity contribution in [3.05, 3.63) is 107 Å². The maximum absolute atomic E-state index is 13.6. The van der Waals surface area contributed by atoms with E-state index in [0.29, 0.717) is 34.4 Å². The van der Waals surface area contributed by atoms with Gasteiger partial charge in [0.1, 0.15) is 36.3 Å². The Hall–Kier alpha value is -4.66. The number of methoxy groups -OCH3 is 1. The van der Waals surface area contributed by atoms with E-state index in [2.05, 4.69) is 20.7 Å². The smallest absolute Gasteiger partial charge is 0.255 e. The molecule has 2 N–H and O–H groups in total. The van der Waals surface area contributed by atoms with Crippen molar-refractivity contribution in [1.29, 1.82) is 0 Å². The van der Waals surface area contributed by atoms with Gasteiger partial charge >= 0.3 is 0 Å². The molecule has 9 heteroatoms. The van der Waals surface area contributed by atoms with Crippen LogP contribution >= 0.6 is 0 Å². The zero-order valence-electron chi connectivity index (χ0n) is 19.7. The average Bonchev–Trinajstić information content (AvgIpc) is 3.36. The van der Waals surface area contributed by atoms with Crippen molar-refractivity contribution >= 4 is 17.5 Å². The summed E-state index contributed by atoms with van der Waals surface area (Å²) in [5, 5.41) is 10.5. The molecule has 0 radical (unpaired) electrons. The molecule has 2 heterocycles. The lowest BCUT2D eigenvalue weighted by Gasteiger charge is -2.29. The number of anilines is 2. The highest BCUT2D eigenvalue weighted by atomic mass is 19.1. The van der Waals surface area contributed by atoms with E-state index in [1.54, 1.807) is 48.2 Å². The monoisotopic (exact) mass is 485 g/mol. The number of amides is 1. The highest BCUT2D eigenvalue weighted by molar-refractivity contribution is 6.06. The number of hydrogen-bond acceptors (Lipinski definition) is 6. The van der Waals surface area contributed by atoms with Gasteiger partial charge in [-0.2, -0.15) is 10.1 Å². The Morgan fingerprint density at radius 3 is 2.58 bits per heavy atom. The van der Waals surface area contributed by atoms with Crippen molar-refractivity contribution in [1.82, 2.24) is 14.8 Å². The number of nitrogens with one attached hydrogen (secondary N) is 2. The summed E-state index contributed by atoms with van der Waals surface area (Å²) in [5.74, 6) is 1.20. The predicted octanol–water partition coefficient (Wildman–Crippen LogP) is 4.93. The maximum atomic E-state index is 13.6. The first kappa shape index (κ1) is 23.1. The summed E-state index contributed by atoms with van der Waals surface area (Å²) in [6.07, 6.45) is 1.44. The van der Waals surface area contributed by atoms with Crippen LogP contribution in [0.3, 0.4) is 0 Å². The summed E-state index contributed by atoms with van der Waals surface area (Å²) in [5.41, 5.74) is 3.32. The molecule has 0 fully saturated rings. The van der Waals surface area contributed by atoms with Crippen LogP contribution in [0.2, 0.25) is 0 Å². The number of para-hydroxylation sites is 1. The molecule has 0 bridgehead atoms. The van der Waals surface area contributed by atoms with Gasteiger partial charge in [-0.25, -0.2) is 9.07 Å². The number of halogens is 1. The highest BCUT2D eigenvalue weighted by Gasteiger charge is 2.35. The SMILES string of the molecule is COc1ccc(NC(=O)C2=C(C)Nc3ncnn3[C@@H]2c2ccccc2OCc2ccc(F)cc2)cc1. The molecule has 1 aromatic heterocycles. The maximum Gasteiger partial charge on any atom is 0.255 e. The fraction of sp³-hybridized carbons (Fsp3) is 0.148. The molecule has 1 amide bonds. The predicted molar refractivity (Wildman–Crippen MR) is 133 cm³/mol. The van der Waals surface area contributed by atoms with Crippen molar-refractivity contribution in [3.8, 4) is 11.5 Å². The third kappa shape index (κ3) is 4.63. The van der Waals surface area contributed by atoms with Gasteiger partial charge in [-0.15, -0.1) is 0 Å². The molecule has 182 valence electrons. The second-order valence-corrected chi connectivity index (χ2v) is 8.23. The molecule has 0 spiro atoms. The van der Waals surface area contributed by atoms with Gasteiger partial charge in [0.25, 0.3) is 5.91 Å². The zero-order chi connectivity index (χ0) is 25.1. The molecule has 0 saturated carbocycles. The Balaban J connectivity index is 1.49. The summed E-state index contributed by atoms with van der Waals surface area (Å²) in [4.78, 5) is 17.9. The Labute approximate surface area is 207 Å². The standard InChI is InChI=1S/C27H24FN5O3/c1-17-24(26(34)32-20-11-13-21(35-2)14-12-20)25(33-27(31-17)29-16-30-33)22-5-3-4-6-23(22)36-15-18-7-9-19(28)10-8-18/h3-14,16,25H,15H2,1-2H3,(H,32,34)(H,29,30,31)/t25-/m1/s1. The molecule has 8 nitrogen and oxygen atoms in total. The summed E-state index contributed by atoms with van der Waals surface area (Å²) in [6.45, 7) is 2.07. The van der Waals surface area contributed by atoms with Gasteiger partial charge in [0.05, 0.1) is 12.7 Å². The van der Waals surface area contributed by atoms with Crippen molar-refractivity contribution in [2.24, 2.45) is 0 Å². The van der Waals surface area contributed by atoms with E-state index < -0.39 is 6.04 Å². The van der Waals surface area contributed by atoms with Crippen molar-refractivity contribution < 1.29 is 18.7 Å². The van der Waals surface area contributed by atoms with E-state index in [1.165, 1.54) is 18.5 Å². The lowest BCUT2D eigenvalue weighted by molar-refractivity contribution is -0.113. The number of benzene rings is 3. The van der Waals surface area contributed by atoms with Gasteiger partial charge in [0, 0.05) is 16.9 Å². The van der Waals surface area contributed by atoms with E-state index >= 15 is 0 Å². The second-order valence-electron chi connectivity index (χ2n) is 8.23. The van der Waals surface area contributed by atoms with Crippen molar-refractivity contribution in [2.75, 3.05) is 17.7 Å². The summed E-state index contributed by atoms with van der Waals surface area (Å²) >= 11 is 0. The minimum Gasteiger partial charge on any atom is -0.497 e. The minimum absolute atomic E-state index is 0.239. The quantitative estimate of drug-likeness (QED) is 0.386. The van der Waals surface area contributed by atoms with Gasteiger partial charge in [0.15, 0.2) is 0 Å². The first-order chi connectivity index (χ1) is 17.5. The number of fused-ring (bicyclic) bond motifs is 1. The van der Waals surface area contributed by atoms with Crippen molar-refractivity contribution in [3.63, 3.8) is 0 Å². The Morgan fingerprint density at radius 2 is 1.83 bits per heavy atom. The summed E-state index contributed by atoms with van der Waals surface area (Å²) in [6, 6.07) is 20.1. The average molecular weight is 486 g/mol. The number of rotatable bonds is 7. The molecule has 3 aromatic carbocycles. The van der Waals surface area contributed by atoms with Crippen LogP contribution in [-0.4, -0.2) is 27.8 Å². The van der Waals surface area contributed by atoms with Crippen molar-refractivity contribution in [2.45, 2.75) is 19.6 Å². The largest absolute Gasteiger partial charge is 0.497 e. The fourth-order valence-electron chi connectivity index (χ4n) is 4.12. The number of carbonyl (C=O) groups is 1. The topological polar surface area (TPSA) is 90.3 Å². The molecule has 36 heavy (non-hydrogen) atoms. The van der Waals surface area contributed by atoms with E-state index in [-0.39, 0.29) is 18.3 Å². The zero-order valence-corrected chi connectivity index (χ0v) is 19.7. The van der Waals surface area contributed by atoms with Crippen LogP contribution in [0, 0.1) is 5.82 Å². The first-order valence-electron chi connectivity index (χ1n) is 11.3. The van der Waals surface area contributed by atoms with E-state index in [1.807, 2.05) is 31.2 Å². The number of aromatic nitrogens is 3. The first-order valence-corrected chi connectivity index (χ1v) is 11.3. The molecule has 5 rings (SSSR count). The number of carbonyl (C=O) groups excluding carboxylic acids is 1. The molecule has 1 aliphatic heterocycles.